The predicted molar refractivity (Wildman–Crippen MR) is 90.5 cm³/mol. The summed E-state index contributed by atoms with van der Waals surface area (Å²) in [5.74, 6) is 0.805. The lowest BCUT2D eigenvalue weighted by atomic mass is 10.1. The number of methoxy groups -OCH3 is 1. The number of hydrogen-bond acceptors (Lipinski definition) is 3. The fourth-order valence-corrected chi connectivity index (χ4v) is 2.55. The summed E-state index contributed by atoms with van der Waals surface area (Å²) in [4.78, 5) is 2.22. The average Bonchev–Trinajstić information content (AvgIpc) is 2.48. The lowest BCUT2D eigenvalue weighted by molar-refractivity contribution is 0.0511. The first kappa shape index (κ1) is 15.1. The summed E-state index contributed by atoms with van der Waals surface area (Å²) >= 11 is 2.31. The van der Waals surface area contributed by atoms with Crippen LogP contribution in [0.2, 0.25) is 0 Å². The summed E-state index contributed by atoms with van der Waals surface area (Å²) in [5.41, 5.74) is 3.36. The third-order valence-electron chi connectivity index (χ3n) is 3.09. The summed E-state index contributed by atoms with van der Waals surface area (Å²) in [5, 5.41) is 0. The number of halogens is 1. The van der Waals surface area contributed by atoms with Gasteiger partial charge >= 0.3 is 0 Å². The molecule has 1 aromatic rings. The van der Waals surface area contributed by atoms with Gasteiger partial charge in [-0.2, -0.15) is 0 Å². The van der Waals surface area contributed by atoms with Gasteiger partial charge in [-0.1, -0.05) is 6.58 Å². The predicted octanol–water partition coefficient (Wildman–Crippen LogP) is 4.18. The molecule has 20 heavy (non-hydrogen) atoms. The summed E-state index contributed by atoms with van der Waals surface area (Å²) in [6, 6.07) is 8.02. The molecule has 4 heteroatoms. The van der Waals surface area contributed by atoms with Crippen LogP contribution in [0.25, 0.3) is 5.70 Å². The van der Waals surface area contributed by atoms with Crippen molar-refractivity contribution in [2.24, 2.45) is 0 Å². The van der Waals surface area contributed by atoms with E-state index < -0.39 is 0 Å². The topological polar surface area (TPSA) is 21.7 Å². The molecule has 2 rings (SSSR count). The Bertz CT molecular complexity index is 546. The number of likely N-dealkylation sites (N-methyl/N-ethyl adjacent to an activating group) is 1. The molecular weight excluding hydrogens is 365 g/mol. The van der Waals surface area contributed by atoms with Crippen LogP contribution in [-0.4, -0.2) is 25.3 Å². The zero-order valence-corrected chi connectivity index (χ0v) is 13.9. The van der Waals surface area contributed by atoms with Crippen LogP contribution >= 0.6 is 22.6 Å². The van der Waals surface area contributed by atoms with E-state index in [1.165, 1.54) is 3.58 Å². The molecule has 0 aliphatic carbocycles. The van der Waals surface area contributed by atoms with E-state index in [9.17, 15) is 0 Å². The standard InChI is InChI=1S/C16H18INO2/c1-4-18-12(2)15(17)9-10-16(18)13-5-7-14(8-6-13)20-11-19-3/h5-10H,2,4,11H2,1,3H3. The maximum absolute atomic E-state index is 5.40. The minimum atomic E-state index is 0.265. The van der Waals surface area contributed by atoms with Gasteiger partial charge in [0.2, 0.25) is 0 Å². The van der Waals surface area contributed by atoms with Crippen LogP contribution in [0.15, 0.2) is 52.3 Å². The zero-order valence-electron chi connectivity index (χ0n) is 11.7. The van der Waals surface area contributed by atoms with E-state index >= 15 is 0 Å². The van der Waals surface area contributed by atoms with Crippen molar-refractivity contribution in [3.05, 3.63) is 57.8 Å². The fraction of sp³-hybridized carbons (Fsp3) is 0.250. The van der Waals surface area contributed by atoms with Crippen molar-refractivity contribution in [2.45, 2.75) is 6.92 Å². The van der Waals surface area contributed by atoms with Gasteiger partial charge < -0.3 is 14.4 Å². The monoisotopic (exact) mass is 383 g/mol. The SMILES string of the molecule is C=C1C(I)=CC=C(c2ccc(OCOC)cc2)N1CC. The molecule has 0 aromatic heterocycles. The van der Waals surface area contributed by atoms with E-state index in [1.54, 1.807) is 7.11 Å². The molecule has 0 N–H and O–H groups in total. The Balaban J connectivity index is 2.24. The molecule has 0 saturated carbocycles. The van der Waals surface area contributed by atoms with Gasteiger partial charge in [-0.15, -0.1) is 0 Å². The van der Waals surface area contributed by atoms with Gasteiger partial charge in [0.15, 0.2) is 6.79 Å². The molecule has 0 unspecified atom stereocenters. The van der Waals surface area contributed by atoms with Crippen molar-refractivity contribution in [3.8, 4) is 5.75 Å². The van der Waals surface area contributed by atoms with Crippen LogP contribution < -0.4 is 4.74 Å². The van der Waals surface area contributed by atoms with Crippen molar-refractivity contribution in [1.82, 2.24) is 4.90 Å². The molecule has 1 aromatic carbocycles. The Morgan fingerprint density at radius 1 is 1.20 bits per heavy atom. The minimum absolute atomic E-state index is 0.265. The smallest absolute Gasteiger partial charge is 0.188 e. The average molecular weight is 383 g/mol. The summed E-state index contributed by atoms with van der Waals surface area (Å²) in [6.07, 6.45) is 4.23. The highest BCUT2D eigenvalue weighted by molar-refractivity contribution is 14.1. The number of hydrogen-bond donors (Lipinski definition) is 0. The minimum Gasteiger partial charge on any atom is -0.468 e. The molecule has 3 nitrogen and oxygen atoms in total. The second-order valence-electron chi connectivity index (χ2n) is 4.33. The first-order valence-corrected chi connectivity index (χ1v) is 7.51. The first-order chi connectivity index (χ1) is 9.67. The lowest BCUT2D eigenvalue weighted by Crippen LogP contribution is -2.22. The van der Waals surface area contributed by atoms with E-state index in [2.05, 4.69) is 65.3 Å². The molecule has 106 valence electrons. The van der Waals surface area contributed by atoms with Crippen LogP contribution in [0.5, 0.6) is 5.75 Å². The quantitative estimate of drug-likeness (QED) is 0.563. The zero-order chi connectivity index (χ0) is 14.5. The molecule has 0 bridgehead atoms. The van der Waals surface area contributed by atoms with Gasteiger partial charge in [-0.05, 0) is 71.5 Å². The highest BCUT2D eigenvalue weighted by atomic mass is 127. The number of ether oxygens (including phenoxy) is 2. The Labute approximate surface area is 133 Å². The summed E-state index contributed by atoms with van der Waals surface area (Å²) in [6.45, 7) is 7.44. The first-order valence-electron chi connectivity index (χ1n) is 6.43. The van der Waals surface area contributed by atoms with Crippen LogP contribution in [0, 0.1) is 0 Å². The van der Waals surface area contributed by atoms with Crippen LogP contribution in [0.4, 0.5) is 0 Å². The van der Waals surface area contributed by atoms with E-state index in [1.807, 2.05) is 12.1 Å². The molecule has 1 aliphatic rings. The van der Waals surface area contributed by atoms with E-state index in [0.717, 1.165) is 29.3 Å². The second kappa shape index (κ2) is 6.95. The van der Waals surface area contributed by atoms with E-state index in [-0.39, 0.29) is 6.79 Å². The second-order valence-corrected chi connectivity index (χ2v) is 5.49. The van der Waals surface area contributed by atoms with Crippen LogP contribution in [0.3, 0.4) is 0 Å². The Morgan fingerprint density at radius 3 is 2.50 bits per heavy atom. The molecule has 0 atom stereocenters. The van der Waals surface area contributed by atoms with Gasteiger partial charge in [0.05, 0.1) is 0 Å². The van der Waals surface area contributed by atoms with Crippen molar-refractivity contribution in [1.29, 1.82) is 0 Å². The molecule has 0 radical (unpaired) electrons. The highest BCUT2D eigenvalue weighted by Crippen LogP contribution is 2.33. The van der Waals surface area contributed by atoms with Crippen molar-refractivity contribution in [2.75, 3.05) is 20.4 Å². The molecule has 1 aliphatic heterocycles. The molecule has 0 fully saturated rings. The van der Waals surface area contributed by atoms with E-state index in [4.69, 9.17) is 9.47 Å². The van der Waals surface area contributed by atoms with Gasteiger partial charge in [0.1, 0.15) is 5.75 Å². The molecule has 1 heterocycles. The van der Waals surface area contributed by atoms with Gasteiger partial charge in [0.25, 0.3) is 0 Å². The lowest BCUT2D eigenvalue weighted by Gasteiger charge is -2.30. The molecule has 0 spiro atoms. The molecule has 0 saturated heterocycles. The molecular formula is C16H18INO2. The normalized spacial score (nSPS) is 14.9. The summed E-state index contributed by atoms with van der Waals surface area (Å²) < 4.78 is 11.5. The van der Waals surface area contributed by atoms with Gasteiger partial charge in [-0.3, -0.25) is 0 Å². The highest BCUT2D eigenvalue weighted by Gasteiger charge is 2.18. The number of nitrogens with zero attached hydrogens (tertiary/aromatic N) is 1. The Hall–Kier alpha value is -1.27. The number of benzene rings is 1. The maximum atomic E-state index is 5.40. The Morgan fingerprint density at radius 2 is 1.90 bits per heavy atom. The number of rotatable bonds is 5. The van der Waals surface area contributed by atoms with Crippen molar-refractivity contribution in [3.63, 3.8) is 0 Å². The largest absolute Gasteiger partial charge is 0.468 e. The van der Waals surface area contributed by atoms with Crippen LogP contribution in [-0.2, 0) is 4.74 Å². The van der Waals surface area contributed by atoms with Gasteiger partial charge in [-0.25, -0.2) is 0 Å². The van der Waals surface area contributed by atoms with Crippen LogP contribution in [0.1, 0.15) is 12.5 Å². The maximum Gasteiger partial charge on any atom is 0.188 e. The fourth-order valence-electron chi connectivity index (χ4n) is 2.07. The third kappa shape index (κ3) is 3.24. The summed E-state index contributed by atoms with van der Waals surface area (Å²) in [7, 11) is 1.61. The van der Waals surface area contributed by atoms with Gasteiger partial charge in [0, 0.05) is 28.6 Å². The van der Waals surface area contributed by atoms with Crippen molar-refractivity contribution >= 4 is 28.3 Å². The third-order valence-corrected chi connectivity index (χ3v) is 4.07. The van der Waals surface area contributed by atoms with E-state index in [0.29, 0.717) is 0 Å². The Kier molecular flexibility index (Phi) is 5.25. The molecule has 0 amide bonds. The van der Waals surface area contributed by atoms with Crippen molar-refractivity contribution < 1.29 is 9.47 Å². The number of allylic oxidation sites excluding steroid dienone is 3.